The first-order chi connectivity index (χ1) is 34.5. The molecule has 0 saturated carbocycles. The lowest BCUT2D eigenvalue weighted by molar-refractivity contribution is 0.490. The summed E-state index contributed by atoms with van der Waals surface area (Å²) < 4.78 is 0. The predicted octanol–water partition coefficient (Wildman–Crippen LogP) is 19.7. The fraction of sp³-hybridized carbons (Fsp3) is 0.171. The second kappa shape index (κ2) is 16.3. The van der Waals surface area contributed by atoms with Gasteiger partial charge in [-0.1, -0.05) is 217 Å². The maximum absolute atomic E-state index is 2.59. The Morgan fingerprint density at radius 3 is 0.857 bits per heavy atom. The van der Waals surface area contributed by atoms with Crippen molar-refractivity contribution in [2.75, 3.05) is 0 Å². The van der Waals surface area contributed by atoms with Crippen LogP contribution in [0.4, 0.5) is 0 Å². The number of hydrogen-bond donors (Lipinski definition) is 0. The van der Waals surface area contributed by atoms with Crippen LogP contribution in [0.25, 0.3) is 110 Å². The summed E-state index contributed by atoms with van der Waals surface area (Å²) in [5.74, 6) is 0. The average Bonchev–Trinajstić information content (AvgIpc) is 3.87. The highest BCUT2D eigenvalue weighted by Gasteiger charge is 2.42. The lowest BCUT2D eigenvalue weighted by Crippen LogP contribution is -2.23. The highest BCUT2D eigenvalue weighted by molar-refractivity contribution is 6.23. The van der Waals surface area contributed by atoms with Gasteiger partial charge in [-0.3, -0.25) is 0 Å². The van der Waals surface area contributed by atoms with E-state index in [0.717, 1.165) is 32.1 Å². The van der Waals surface area contributed by atoms with Gasteiger partial charge in [0.25, 0.3) is 0 Å². The number of rotatable bonds is 9. The second-order valence-corrected chi connectivity index (χ2v) is 20.1. The largest absolute Gasteiger partial charge is 0.0642 e. The molecule has 0 heteroatoms. The molecule has 0 nitrogen and oxygen atoms in total. The zero-order valence-corrected chi connectivity index (χ0v) is 41.1. The van der Waals surface area contributed by atoms with Crippen molar-refractivity contribution >= 4 is 43.1 Å². The van der Waals surface area contributed by atoms with E-state index >= 15 is 0 Å². The Morgan fingerprint density at radius 2 is 0.529 bits per heavy atom. The van der Waals surface area contributed by atoms with Crippen LogP contribution in [0.2, 0.25) is 0 Å². The van der Waals surface area contributed by atoms with Crippen LogP contribution < -0.4 is 0 Å². The standard InChI is InChI=1S/C70H58/c1-6-44-31-33-45(34-32-44)65-53-22-11-13-24-55(53)66(56-25-14-12-23-54(56)65)47-36-39-51-52-40-37-48(43-64(52)70(9-4,10-5)63(51)42-47)68-59-28-17-15-26-57(59)67(58-27-16-18-29-60(58)68)46-35-38-50-49-21-19-20-30-61(49)69(7-2,8-3)62(50)41-46/h11-43H,6-10H2,1-5H3. The van der Waals surface area contributed by atoms with Gasteiger partial charge in [0.05, 0.1) is 0 Å². The van der Waals surface area contributed by atoms with Gasteiger partial charge in [0.15, 0.2) is 0 Å². The molecule has 0 heterocycles. The molecule has 11 aromatic carbocycles. The summed E-state index contributed by atoms with van der Waals surface area (Å²) in [7, 11) is 0. The summed E-state index contributed by atoms with van der Waals surface area (Å²) in [4.78, 5) is 0. The third-order valence-corrected chi connectivity index (χ3v) is 17.4. The highest BCUT2D eigenvalue weighted by atomic mass is 14.5. The Hall–Kier alpha value is -7.54. The maximum Gasteiger partial charge on any atom is 0.0210 e. The number of aryl methyl sites for hydroxylation is 1. The van der Waals surface area contributed by atoms with E-state index in [4.69, 9.17) is 0 Å². The van der Waals surface area contributed by atoms with Crippen LogP contribution >= 0.6 is 0 Å². The first-order valence-electron chi connectivity index (χ1n) is 26.0. The van der Waals surface area contributed by atoms with Crippen LogP contribution in [-0.2, 0) is 17.3 Å². The summed E-state index contributed by atoms with van der Waals surface area (Å²) >= 11 is 0. The van der Waals surface area contributed by atoms with Crippen molar-refractivity contribution in [3.8, 4) is 66.8 Å². The first-order valence-corrected chi connectivity index (χ1v) is 26.0. The van der Waals surface area contributed by atoms with Crippen LogP contribution in [0.3, 0.4) is 0 Å². The molecule has 0 atom stereocenters. The molecule has 0 aromatic heterocycles. The van der Waals surface area contributed by atoms with E-state index in [1.54, 1.807) is 0 Å². The molecular formula is C70H58. The molecule has 0 spiro atoms. The topological polar surface area (TPSA) is 0 Å². The van der Waals surface area contributed by atoms with E-state index in [1.807, 2.05) is 0 Å². The summed E-state index contributed by atoms with van der Waals surface area (Å²) in [5, 5.41) is 10.4. The Balaban J connectivity index is 0.978. The SMILES string of the molecule is CCc1ccc(-c2c3ccccc3c(-c3ccc4c(c3)C(CC)(CC)c3cc(-c5c6ccccc6c(-c6ccc7c(c6)C(CC)(CC)c6ccccc6-7)c6ccccc56)ccc3-4)c3ccccc23)cc1. The van der Waals surface area contributed by atoms with Crippen molar-refractivity contribution in [2.45, 2.75) is 77.6 Å². The fourth-order valence-corrected chi connectivity index (χ4v) is 13.8. The zero-order valence-electron chi connectivity index (χ0n) is 41.1. The van der Waals surface area contributed by atoms with Crippen LogP contribution in [-0.4, -0.2) is 0 Å². The van der Waals surface area contributed by atoms with Gasteiger partial charge in [0.1, 0.15) is 0 Å². The third kappa shape index (κ3) is 5.89. The molecular weight excluding hydrogens is 841 g/mol. The molecule has 11 aromatic rings. The van der Waals surface area contributed by atoms with E-state index in [9.17, 15) is 0 Å². The number of fused-ring (bicyclic) bond motifs is 10. The second-order valence-electron chi connectivity index (χ2n) is 20.1. The minimum Gasteiger partial charge on any atom is -0.0642 e. The van der Waals surface area contributed by atoms with Gasteiger partial charge in [0, 0.05) is 10.8 Å². The molecule has 0 amide bonds. The fourth-order valence-electron chi connectivity index (χ4n) is 13.8. The van der Waals surface area contributed by atoms with Crippen molar-refractivity contribution in [1.29, 1.82) is 0 Å². The lowest BCUT2D eigenvalue weighted by atomic mass is 9.72. The molecule has 0 N–H and O–H groups in total. The van der Waals surface area contributed by atoms with Gasteiger partial charge < -0.3 is 0 Å². The molecule has 70 heavy (non-hydrogen) atoms. The third-order valence-electron chi connectivity index (χ3n) is 17.4. The zero-order chi connectivity index (χ0) is 47.3. The number of benzene rings is 11. The smallest absolute Gasteiger partial charge is 0.0210 e. The average molecular weight is 899 g/mol. The molecule has 2 aliphatic carbocycles. The monoisotopic (exact) mass is 898 g/mol. The summed E-state index contributed by atoms with van der Waals surface area (Å²) in [6.07, 6.45) is 5.23. The molecule has 338 valence electrons. The van der Waals surface area contributed by atoms with E-state index in [0.29, 0.717) is 0 Å². The first kappa shape index (κ1) is 42.6. The normalized spacial score (nSPS) is 14.0. The minimum atomic E-state index is -0.137. The molecule has 0 fully saturated rings. The summed E-state index contributed by atoms with van der Waals surface area (Å²) in [5.41, 5.74) is 23.1. The molecule has 0 unspecified atom stereocenters. The molecule has 2 aliphatic rings. The van der Waals surface area contributed by atoms with Gasteiger partial charge >= 0.3 is 0 Å². The molecule has 0 bridgehead atoms. The Kier molecular flexibility index (Phi) is 9.90. The van der Waals surface area contributed by atoms with Crippen LogP contribution in [0.5, 0.6) is 0 Å². The van der Waals surface area contributed by atoms with Crippen molar-refractivity contribution < 1.29 is 0 Å². The van der Waals surface area contributed by atoms with Crippen LogP contribution in [0.1, 0.15) is 88.1 Å². The summed E-state index contributed by atoms with van der Waals surface area (Å²) in [6, 6.07) is 77.2. The van der Waals surface area contributed by atoms with Gasteiger partial charge in [0.2, 0.25) is 0 Å². The number of hydrogen-bond acceptors (Lipinski definition) is 0. The Labute approximate surface area is 413 Å². The van der Waals surface area contributed by atoms with Crippen molar-refractivity contribution in [1.82, 2.24) is 0 Å². The Bertz CT molecular complexity index is 3790. The summed E-state index contributed by atoms with van der Waals surface area (Å²) in [6.45, 7) is 11.8. The van der Waals surface area contributed by atoms with Crippen LogP contribution in [0, 0.1) is 0 Å². The van der Waals surface area contributed by atoms with Crippen LogP contribution in [0.15, 0.2) is 200 Å². The van der Waals surface area contributed by atoms with E-state index in [2.05, 4.69) is 235 Å². The van der Waals surface area contributed by atoms with Gasteiger partial charge in [-0.05, 0) is 188 Å². The van der Waals surface area contributed by atoms with Gasteiger partial charge in [-0.25, -0.2) is 0 Å². The minimum absolute atomic E-state index is 0.00878. The quantitative estimate of drug-likeness (QED) is 0.127. The van der Waals surface area contributed by atoms with Crippen molar-refractivity contribution in [2.24, 2.45) is 0 Å². The molecule has 13 rings (SSSR count). The molecule has 0 saturated heterocycles. The van der Waals surface area contributed by atoms with E-state index in [1.165, 1.54) is 138 Å². The van der Waals surface area contributed by atoms with E-state index in [-0.39, 0.29) is 10.8 Å². The highest BCUT2D eigenvalue weighted by Crippen LogP contribution is 2.57. The lowest BCUT2D eigenvalue weighted by Gasteiger charge is -2.31. The van der Waals surface area contributed by atoms with Gasteiger partial charge in [-0.15, -0.1) is 0 Å². The Morgan fingerprint density at radius 1 is 0.257 bits per heavy atom. The maximum atomic E-state index is 2.59. The van der Waals surface area contributed by atoms with Crippen molar-refractivity contribution in [3.63, 3.8) is 0 Å². The van der Waals surface area contributed by atoms with Crippen molar-refractivity contribution in [3.05, 3.63) is 228 Å². The molecule has 0 radical (unpaired) electrons. The molecule has 0 aliphatic heterocycles. The van der Waals surface area contributed by atoms with E-state index < -0.39 is 0 Å². The predicted molar refractivity (Wildman–Crippen MR) is 301 cm³/mol. The van der Waals surface area contributed by atoms with Gasteiger partial charge in [-0.2, -0.15) is 0 Å².